The summed E-state index contributed by atoms with van der Waals surface area (Å²) in [6.07, 6.45) is 2.39. The first-order valence-electron chi connectivity index (χ1n) is 4.05. The van der Waals surface area contributed by atoms with Gasteiger partial charge in [0.1, 0.15) is 4.60 Å². The van der Waals surface area contributed by atoms with Gasteiger partial charge in [-0.1, -0.05) is 11.6 Å². The third-order valence-electron chi connectivity index (χ3n) is 1.88. The van der Waals surface area contributed by atoms with Gasteiger partial charge in [-0.05, 0) is 34.8 Å². The van der Waals surface area contributed by atoms with Crippen molar-refractivity contribution in [1.29, 1.82) is 0 Å². The van der Waals surface area contributed by atoms with Crippen molar-refractivity contribution in [2.75, 3.05) is 11.1 Å². The van der Waals surface area contributed by atoms with Crippen LogP contribution in [0.25, 0.3) is 0 Å². The van der Waals surface area contributed by atoms with Gasteiger partial charge in [-0.25, -0.2) is 4.98 Å². The summed E-state index contributed by atoms with van der Waals surface area (Å²) in [5, 5.41) is 3.77. The van der Waals surface area contributed by atoms with Crippen molar-refractivity contribution >= 4 is 39.0 Å². The number of hydrogen-bond acceptors (Lipinski definition) is 3. The smallest absolute Gasteiger partial charge is 0.150 e. The fourth-order valence-electron chi connectivity index (χ4n) is 1.02. The summed E-state index contributed by atoms with van der Waals surface area (Å²) in [7, 11) is 0. The Balaban J connectivity index is 2.27. The monoisotopic (exact) mass is 261 g/mol. The Bertz CT molecular complexity index is 338. The van der Waals surface area contributed by atoms with Crippen LogP contribution in [0, 0.1) is 0 Å². The number of anilines is 2. The van der Waals surface area contributed by atoms with Crippen molar-refractivity contribution in [2.24, 2.45) is 0 Å². The topological polar surface area (TPSA) is 50.9 Å². The third kappa shape index (κ3) is 2.06. The van der Waals surface area contributed by atoms with Crippen LogP contribution in [-0.4, -0.2) is 11.0 Å². The highest BCUT2D eigenvalue weighted by Crippen LogP contribution is 2.31. The molecule has 0 aromatic carbocycles. The van der Waals surface area contributed by atoms with E-state index in [1.54, 1.807) is 6.07 Å². The second-order valence-corrected chi connectivity index (χ2v) is 4.28. The molecule has 0 spiro atoms. The molecule has 1 aromatic rings. The zero-order valence-electron chi connectivity index (χ0n) is 6.85. The highest BCUT2D eigenvalue weighted by atomic mass is 79.9. The largest absolute Gasteiger partial charge is 0.396 e. The quantitative estimate of drug-likeness (QED) is 0.806. The molecule has 2 rings (SSSR count). The summed E-state index contributed by atoms with van der Waals surface area (Å²) in [4.78, 5) is 4.20. The van der Waals surface area contributed by atoms with Gasteiger partial charge in [0.25, 0.3) is 0 Å². The predicted molar refractivity (Wildman–Crippen MR) is 58.0 cm³/mol. The molecule has 0 bridgehead atoms. The van der Waals surface area contributed by atoms with E-state index < -0.39 is 0 Å². The molecule has 0 saturated heterocycles. The van der Waals surface area contributed by atoms with Crippen molar-refractivity contribution < 1.29 is 0 Å². The minimum absolute atomic E-state index is 0.541. The Morgan fingerprint density at radius 1 is 1.62 bits per heavy atom. The maximum absolute atomic E-state index is 5.82. The van der Waals surface area contributed by atoms with Crippen LogP contribution in [0.5, 0.6) is 0 Å². The molecule has 1 saturated carbocycles. The summed E-state index contributed by atoms with van der Waals surface area (Å²) < 4.78 is 0.631. The molecule has 1 aliphatic carbocycles. The molecule has 70 valence electrons. The molecule has 1 aliphatic rings. The van der Waals surface area contributed by atoms with Gasteiger partial charge in [0, 0.05) is 6.04 Å². The van der Waals surface area contributed by atoms with E-state index in [4.69, 9.17) is 17.3 Å². The fraction of sp³-hybridized carbons (Fsp3) is 0.375. The average Bonchev–Trinajstić information content (AvgIpc) is 2.84. The van der Waals surface area contributed by atoms with Crippen LogP contribution in [0.15, 0.2) is 10.7 Å². The van der Waals surface area contributed by atoms with Gasteiger partial charge in [-0.3, -0.25) is 0 Å². The second-order valence-electron chi connectivity index (χ2n) is 3.12. The lowest BCUT2D eigenvalue weighted by Gasteiger charge is -2.07. The first-order chi connectivity index (χ1) is 6.16. The highest BCUT2D eigenvalue weighted by molar-refractivity contribution is 9.10. The first kappa shape index (κ1) is 9.09. The van der Waals surface area contributed by atoms with Crippen molar-refractivity contribution in [3.8, 4) is 0 Å². The molecule has 1 heterocycles. The molecule has 3 nitrogen and oxygen atoms in total. The van der Waals surface area contributed by atoms with E-state index in [0.717, 1.165) is 5.82 Å². The van der Waals surface area contributed by atoms with Gasteiger partial charge in [-0.2, -0.15) is 0 Å². The predicted octanol–water partition coefficient (Wildman–Crippen LogP) is 2.65. The Labute approximate surface area is 89.8 Å². The summed E-state index contributed by atoms with van der Waals surface area (Å²) in [5.74, 6) is 0.721. The summed E-state index contributed by atoms with van der Waals surface area (Å²) in [5.41, 5.74) is 6.33. The molecule has 1 fully saturated rings. The molecule has 0 radical (unpaired) electrons. The van der Waals surface area contributed by atoms with Gasteiger partial charge < -0.3 is 11.1 Å². The summed E-state index contributed by atoms with van der Waals surface area (Å²) in [6.45, 7) is 0. The van der Waals surface area contributed by atoms with E-state index >= 15 is 0 Å². The fourth-order valence-corrected chi connectivity index (χ4v) is 1.47. The van der Waals surface area contributed by atoms with Crippen LogP contribution in [0.4, 0.5) is 11.5 Å². The van der Waals surface area contributed by atoms with Gasteiger partial charge in [0.2, 0.25) is 0 Å². The van der Waals surface area contributed by atoms with Gasteiger partial charge >= 0.3 is 0 Å². The molecule has 3 N–H and O–H groups in total. The molecule has 0 aliphatic heterocycles. The van der Waals surface area contributed by atoms with Crippen LogP contribution in [0.3, 0.4) is 0 Å². The van der Waals surface area contributed by atoms with Crippen molar-refractivity contribution in [1.82, 2.24) is 4.98 Å². The lowest BCUT2D eigenvalue weighted by atomic mass is 10.4. The van der Waals surface area contributed by atoms with Crippen LogP contribution in [0.2, 0.25) is 5.02 Å². The van der Waals surface area contributed by atoms with Crippen LogP contribution < -0.4 is 11.1 Å². The number of hydrogen-bond donors (Lipinski definition) is 2. The van der Waals surface area contributed by atoms with Crippen LogP contribution in [0.1, 0.15) is 12.8 Å². The van der Waals surface area contributed by atoms with E-state index in [1.807, 2.05) is 0 Å². The minimum atomic E-state index is 0.541. The Morgan fingerprint density at radius 2 is 2.31 bits per heavy atom. The maximum atomic E-state index is 5.82. The van der Waals surface area contributed by atoms with Gasteiger partial charge in [0.15, 0.2) is 5.82 Å². The van der Waals surface area contributed by atoms with Crippen molar-refractivity contribution in [2.45, 2.75) is 18.9 Å². The standard InChI is InChI=1S/C8H9BrClN3/c9-7-5(10)3-6(11)8(13-7)12-4-1-2-4/h3-4H,1-2,11H2,(H,12,13). The molecule has 13 heavy (non-hydrogen) atoms. The maximum Gasteiger partial charge on any atom is 0.150 e. The SMILES string of the molecule is Nc1cc(Cl)c(Br)nc1NC1CC1. The molecule has 0 unspecified atom stereocenters. The Kier molecular flexibility index (Phi) is 2.34. The number of rotatable bonds is 2. The number of aromatic nitrogens is 1. The first-order valence-corrected chi connectivity index (χ1v) is 5.22. The normalized spacial score (nSPS) is 15.8. The number of nitrogens with zero attached hydrogens (tertiary/aromatic N) is 1. The number of nitrogens with one attached hydrogen (secondary N) is 1. The summed E-state index contributed by atoms with van der Waals surface area (Å²) >= 11 is 9.07. The number of nitrogen functional groups attached to an aromatic ring is 1. The van der Waals surface area contributed by atoms with Crippen molar-refractivity contribution in [3.05, 3.63) is 15.7 Å². The third-order valence-corrected chi connectivity index (χ3v) is 3.00. The van der Waals surface area contributed by atoms with Crippen LogP contribution in [-0.2, 0) is 0 Å². The lowest BCUT2D eigenvalue weighted by Crippen LogP contribution is -2.06. The molecule has 0 atom stereocenters. The van der Waals surface area contributed by atoms with Crippen molar-refractivity contribution in [3.63, 3.8) is 0 Å². The number of halogens is 2. The zero-order chi connectivity index (χ0) is 9.42. The Hall–Kier alpha value is -0.480. The van der Waals surface area contributed by atoms with E-state index in [9.17, 15) is 0 Å². The van der Waals surface area contributed by atoms with E-state index in [1.165, 1.54) is 12.8 Å². The zero-order valence-corrected chi connectivity index (χ0v) is 9.19. The molecule has 0 amide bonds. The average molecular weight is 263 g/mol. The highest BCUT2D eigenvalue weighted by Gasteiger charge is 2.22. The van der Waals surface area contributed by atoms with Crippen LogP contribution >= 0.6 is 27.5 Å². The molecular formula is C8H9BrClN3. The van der Waals surface area contributed by atoms with E-state index in [0.29, 0.717) is 21.4 Å². The molecule has 5 heteroatoms. The molecular weight excluding hydrogens is 253 g/mol. The number of nitrogens with two attached hydrogens (primary N) is 1. The number of pyridine rings is 1. The van der Waals surface area contributed by atoms with Gasteiger partial charge in [0.05, 0.1) is 10.7 Å². The lowest BCUT2D eigenvalue weighted by molar-refractivity contribution is 1.11. The van der Waals surface area contributed by atoms with Gasteiger partial charge in [-0.15, -0.1) is 0 Å². The molecule has 1 aromatic heterocycles. The minimum Gasteiger partial charge on any atom is -0.396 e. The summed E-state index contributed by atoms with van der Waals surface area (Å²) in [6, 6.07) is 2.24. The second kappa shape index (κ2) is 3.35. The Morgan fingerprint density at radius 3 is 2.92 bits per heavy atom. The van der Waals surface area contributed by atoms with E-state index in [-0.39, 0.29) is 0 Å². The van der Waals surface area contributed by atoms with E-state index in [2.05, 4.69) is 26.2 Å².